The molecule has 0 saturated carbocycles. The number of hydrogen-bond donors (Lipinski definition) is 1. The van der Waals surface area contributed by atoms with Crippen LogP contribution in [0, 0.1) is 0 Å². The van der Waals surface area contributed by atoms with E-state index in [0.717, 1.165) is 11.3 Å². The Morgan fingerprint density at radius 3 is 2.68 bits per heavy atom. The van der Waals surface area contributed by atoms with E-state index in [0.29, 0.717) is 23.7 Å². The zero-order valence-corrected chi connectivity index (χ0v) is 14.7. The number of hydrogen-bond acceptors (Lipinski definition) is 4. The molecule has 0 saturated heterocycles. The number of carbonyl (C=O) groups is 2. The van der Waals surface area contributed by atoms with Crippen molar-refractivity contribution in [2.45, 2.75) is 19.8 Å². The lowest BCUT2D eigenvalue weighted by Crippen LogP contribution is -2.21. The highest BCUT2D eigenvalue weighted by Gasteiger charge is 2.10. The van der Waals surface area contributed by atoms with E-state index in [4.69, 9.17) is 21.1 Å². The fourth-order valence-electron chi connectivity index (χ4n) is 2.22. The van der Waals surface area contributed by atoms with Gasteiger partial charge in [-0.05, 0) is 43.2 Å². The fourth-order valence-corrected chi connectivity index (χ4v) is 2.42. The minimum atomic E-state index is -0.437. The molecule has 0 bridgehead atoms. The monoisotopic (exact) mass is 361 g/mol. The minimum absolute atomic E-state index is 0.175. The van der Waals surface area contributed by atoms with Crippen molar-refractivity contribution >= 4 is 29.2 Å². The number of ether oxygens (including phenoxy) is 2. The first-order chi connectivity index (χ1) is 12.1. The first-order valence-corrected chi connectivity index (χ1v) is 8.38. The maximum Gasteiger partial charge on any atom is 0.306 e. The highest BCUT2D eigenvalue weighted by Crippen LogP contribution is 2.19. The Morgan fingerprint density at radius 1 is 1.12 bits per heavy atom. The molecule has 2 rings (SSSR count). The summed E-state index contributed by atoms with van der Waals surface area (Å²) in [6.07, 6.45) is 0.666. The Hall–Kier alpha value is -2.53. The number of carbonyl (C=O) groups excluding carboxylic acids is 2. The summed E-state index contributed by atoms with van der Waals surface area (Å²) in [7, 11) is 0. The van der Waals surface area contributed by atoms with Gasteiger partial charge in [-0.25, -0.2) is 0 Å². The van der Waals surface area contributed by atoms with Crippen LogP contribution in [0.15, 0.2) is 48.5 Å². The number of nitrogens with one attached hydrogen (secondary N) is 1. The number of esters is 1. The lowest BCUT2D eigenvalue weighted by molar-refractivity contribution is -0.147. The standard InChI is InChI=1S/C19H20ClNO4/c1-2-24-17-9-4-3-6-14(17)10-11-19(23)25-13-18(22)21-16-8-5-7-15(20)12-16/h3-9,12H,2,10-11,13H2,1H3,(H,21,22). The van der Waals surface area contributed by atoms with E-state index >= 15 is 0 Å². The van der Waals surface area contributed by atoms with Crippen LogP contribution in [0.4, 0.5) is 5.69 Å². The normalized spacial score (nSPS) is 10.2. The Kier molecular flexibility index (Phi) is 7.29. The molecule has 25 heavy (non-hydrogen) atoms. The third-order valence-electron chi connectivity index (χ3n) is 3.34. The number of benzene rings is 2. The first kappa shape index (κ1) is 18.8. The molecule has 0 atom stereocenters. The van der Waals surface area contributed by atoms with Crippen LogP contribution in [0.1, 0.15) is 18.9 Å². The van der Waals surface area contributed by atoms with E-state index in [1.54, 1.807) is 24.3 Å². The number of anilines is 1. The number of para-hydroxylation sites is 1. The molecule has 2 aromatic carbocycles. The molecule has 0 aliphatic rings. The van der Waals surface area contributed by atoms with Crippen molar-refractivity contribution in [1.82, 2.24) is 0 Å². The zero-order valence-electron chi connectivity index (χ0n) is 14.0. The summed E-state index contributed by atoms with van der Waals surface area (Å²) in [4.78, 5) is 23.6. The van der Waals surface area contributed by atoms with Crippen molar-refractivity contribution in [2.75, 3.05) is 18.5 Å². The zero-order chi connectivity index (χ0) is 18.1. The summed E-state index contributed by atoms with van der Waals surface area (Å²) in [5, 5.41) is 3.13. The van der Waals surface area contributed by atoms with Crippen LogP contribution in [0.2, 0.25) is 5.02 Å². The SMILES string of the molecule is CCOc1ccccc1CCC(=O)OCC(=O)Nc1cccc(Cl)c1. The van der Waals surface area contributed by atoms with Gasteiger partial charge in [0, 0.05) is 17.1 Å². The summed E-state index contributed by atoms with van der Waals surface area (Å²) in [6, 6.07) is 14.3. The topological polar surface area (TPSA) is 64.6 Å². The van der Waals surface area contributed by atoms with E-state index in [9.17, 15) is 9.59 Å². The predicted molar refractivity (Wildman–Crippen MR) is 97.0 cm³/mol. The smallest absolute Gasteiger partial charge is 0.306 e. The van der Waals surface area contributed by atoms with Gasteiger partial charge in [-0.3, -0.25) is 9.59 Å². The van der Waals surface area contributed by atoms with Crippen molar-refractivity contribution in [3.63, 3.8) is 0 Å². The Bertz CT molecular complexity index is 733. The van der Waals surface area contributed by atoms with Crippen LogP contribution < -0.4 is 10.1 Å². The molecule has 0 radical (unpaired) electrons. The van der Waals surface area contributed by atoms with Gasteiger partial charge in [-0.2, -0.15) is 0 Å². The quantitative estimate of drug-likeness (QED) is 0.725. The third-order valence-corrected chi connectivity index (χ3v) is 3.58. The van der Waals surface area contributed by atoms with Gasteiger partial charge in [0.2, 0.25) is 0 Å². The summed E-state index contributed by atoms with van der Waals surface area (Å²) in [5.74, 6) is -0.0885. The summed E-state index contributed by atoms with van der Waals surface area (Å²) in [5.41, 5.74) is 1.49. The summed E-state index contributed by atoms with van der Waals surface area (Å²) < 4.78 is 10.5. The van der Waals surface area contributed by atoms with Gasteiger partial charge in [0.25, 0.3) is 5.91 Å². The number of rotatable bonds is 8. The van der Waals surface area contributed by atoms with Crippen LogP contribution in [-0.4, -0.2) is 25.1 Å². The molecule has 5 nitrogen and oxygen atoms in total. The van der Waals surface area contributed by atoms with Crippen LogP contribution in [-0.2, 0) is 20.7 Å². The van der Waals surface area contributed by atoms with Gasteiger partial charge >= 0.3 is 5.97 Å². The van der Waals surface area contributed by atoms with Crippen molar-refractivity contribution in [3.05, 3.63) is 59.1 Å². The molecular weight excluding hydrogens is 342 g/mol. The summed E-state index contributed by atoms with van der Waals surface area (Å²) >= 11 is 5.84. The average molecular weight is 362 g/mol. The predicted octanol–water partition coefficient (Wildman–Crippen LogP) is 3.85. The van der Waals surface area contributed by atoms with Crippen LogP contribution in [0.3, 0.4) is 0 Å². The maximum absolute atomic E-state index is 11.8. The average Bonchev–Trinajstić information content (AvgIpc) is 2.59. The largest absolute Gasteiger partial charge is 0.494 e. The molecule has 0 fully saturated rings. The highest BCUT2D eigenvalue weighted by atomic mass is 35.5. The van der Waals surface area contributed by atoms with E-state index in [-0.39, 0.29) is 13.0 Å². The minimum Gasteiger partial charge on any atom is -0.494 e. The maximum atomic E-state index is 11.8. The number of aryl methyl sites for hydroxylation is 1. The van der Waals surface area contributed by atoms with E-state index in [1.807, 2.05) is 31.2 Å². The second-order valence-corrected chi connectivity index (χ2v) is 5.70. The molecule has 132 valence electrons. The van der Waals surface area contributed by atoms with Gasteiger partial charge in [0.1, 0.15) is 5.75 Å². The molecule has 1 N–H and O–H groups in total. The van der Waals surface area contributed by atoms with E-state index in [2.05, 4.69) is 5.32 Å². The Balaban J connectivity index is 1.76. The molecule has 6 heteroatoms. The molecule has 0 heterocycles. The van der Waals surface area contributed by atoms with Gasteiger partial charge in [0.15, 0.2) is 6.61 Å². The summed E-state index contributed by atoms with van der Waals surface area (Å²) in [6.45, 7) is 2.13. The van der Waals surface area contributed by atoms with E-state index < -0.39 is 11.9 Å². The lowest BCUT2D eigenvalue weighted by atomic mass is 10.1. The fraction of sp³-hybridized carbons (Fsp3) is 0.263. The molecule has 0 spiro atoms. The van der Waals surface area contributed by atoms with E-state index in [1.165, 1.54) is 0 Å². The van der Waals surface area contributed by atoms with Crippen LogP contribution in [0.5, 0.6) is 5.75 Å². The molecule has 0 aromatic heterocycles. The second kappa shape index (κ2) is 9.69. The molecule has 0 aliphatic carbocycles. The van der Waals surface area contributed by atoms with Gasteiger partial charge < -0.3 is 14.8 Å². The molecule has 2 aromatic rings. The molecule has 0 aliphatic heterocycles. The van der Waals surface area contributed by atoms with Crippen molar-refractivity contribution in [3.8, 4) is 5.75 Å². The van der Waals surface area contributed by atoms with Crippen LogP contribution in [0.25, 0.3) is 0 Å². The third kappa shape index (κ3) is 6.47. The Morgan fingerprint density at radius 2 is 1.92 bits per heavy atom. The Labute approximate surface area is 151 Å². The number of amides is 1. The second-order valence-electron chi connectivity index (χ2n) is 5.26. The van der Waals surface area contributed by atoms with Crippen molar-refractivity contribution in [2.24, 2.45) is 0 Å². The van der Waals surface area contributed by atoms with Gasteiger partial charge in [-0.15, -0.1) is 0 Å². The molecular formula is C19H20ClNO4. The van der Waals surface area contributed by atoms with Crippen molar-refractivity contribution in [1.29, 1.82) is 0 Å². The highest BCUT2D eigenvalue weighted by molar-refractivity contribution is 6.30. The van der Waals surface area contributed by atoms with Crippen molar-refractivity contribution < 1.29 is 19.1 Å². The lowest BCUT2D eigenvalue weighted by Gasteiger charge is -2.10. The number of halogens is 1. The first-order valence-electron chi connectivity index (χ1n) is 8.00. The van der Waals surface area contributed by atoms with Gasteiger partial charge in [0.05, 0.1) is 6.61 Å². The van der Waals surface area contributed by atoms with Crippen LogP contribution >= 0.6 is 11.6 Å². The van der Waals surface area contributed by atoms with Gasteiger partial charge in [-0.1, -0.05) is 35.9 Å². The molecule has 0 unspecified atom stereocenters. The molecule has 1 amide bonds.